The molecule has 0 bridgehead atoms. The Bertz CT molecular complexity index is 714. The van der Waals surface area contributed by atoms with Crippen molar-refractivity contribution in [2.75, 3.05) is 7.05 Å². The van der Waals surface area contributed by atoms with Gasteiger partial charge < -0.3 is 19.5 Å². The Balaban J connectivity index is 1.47. The van der Waals surface area contributed by atoms with Crippen LogP contribution < -0.4 is 10.1 Å². The summed E-state index contributed by atoms with van der Waals surface area (Å²) in [7, 11) is 1.76. The average Bonchev–Trinajstić information content (AvgIpc) is 3.26. The van der Waals surface area contributed by atoms with E-state index in [0.29, 0.717) is 19.2 Å². The first-order valence-electron chi connectivity index (χ1n) is 9.19. The van der Waals surface area contributed by atoms with E-state index in [-0.39, 0.29) is 6.03 Å². The van der Waals surface area contributed by atoms with Crippen molar-refractivity contribution < 1.29 is 14.1 Å². The summed E-state index contributed by atoms with van der Waals surface area (Å²) in [4.78, 5) is 13.9. The van der Waals surface area contributed by atoms with E-state index in [1.165, 1.54) is 12.8 Å². The summed E-state index contributed by atoms with van der Waals surface area (Å²) >= 11 is 0. The zero-order chi connectivity index (χ0) is 18.5. The smallest absolute Gasteiger partial charge is 0.317 e. The Kier molecular flexibility index (Phi) is 5.81. The van der Waals surface area contributed by atoms with Crippen molar-refractivity contribution >= 4 is 6.03 Å². The number of nitrogens with zero attached hydrogens (tertiary/aromatic N) is 2. The van der Waals surface area contributed by atoms with E-state index in [4.69, 9.17) is 9.26 Å². The van der Waals surface area contributed by atoms with Crippen molar-refractivity contribution in [1.82, 2.24) is 15.4 Å². The maximum Gasteiger partial charge on any atom is 0.317 e. The van der Waals surface area contributed by atoms with E-state index >= 15 is 0 Å². The SMILES string of the molecule is Cc1noc(C)c1CN(C)C(=O)NCc1ccc(OC2CCCC2)cc1. The molecule has 1 heterocycles. The summed E-state index contributed by atoms with van der Waals surface area (Å²) < 4.78 is 11.1. The van der Waals surface area contributed by atoms with Crippen molar-refractivity contribution in [2.24, 2.45) is 0 Å². The molecule has 0 saturated heterocycles. The van der Waals surface area contributed by atoms with Gasteiger partial charge in [-0.2, -0.15) is 0 Å². The number of carbonyl (C=O) groups excluding carboxylic acids is 1. The maximum absolute atomic E-state index is 12.3. The van der Waals surface area contributed by atoms with Gasteiger partial charge >= 0.3 is 6.03 Å². The molecule has 2 aromatic rings. The van der Waals surface area contributed by atoms with Crippen LogP contribution in [-0.4, -0.2) is 29.2 Å². The van der Waals surface area contributed by atoms with Crippen molar-refractivity contribution in [3.63, 3.8) is 0 Å². The van der Waals surface area contributed by atoms with Crippen LogP contribution in [0.3, 0.4) is 0 Å². The summed E-state index contributed by atoms with van der Waals surface area (Å²) in [6.07, 6.45) is 5.18. The molecule has 1 aliphatic rings. The molecule has 140 valence electrons. The molecule has 1 saturated carbocycles. The van der Waals surface area contributed by atoms with Gasteiger partial charge in [0, 0.05) is 19.2 Å². The Morgan fingerprint density at radius 3 is 2.58 bits per heavy atom. The second kappa shape index (κ2) is 8.25. The fourth-order valence-corrected chi connectivity index (χ4v) is 3.23. The van der Waals surface area contributed by atoms with E-state index in [2.05, 4.69) is 10.5 Å². The number of hydrogen-bond donors (Lipinski definition) is 1. The molecule has 0 unspecified atom stereocenters. The minimum Gasteiger partial charge on any atom is -0.490 e. The fourth-order valence-electron chi connectivity index (χ4n) is 3.23. The second-order valence-electron chi connectivity index (χ2n) is 6.99. The monoisotopic (exact) mass is 357 g/mol. The summed E-state index contributed by atoms with van der Waals surface area (Å²) in [5, 5.41) is 6.86. The van der Waals surface area contributed by atoms with Crippen LogP contribution >= 0.6 is 0 Å². The molecule has 1 aromatic heterocycles. The third-order valence-electron chi connectivity index (χ3n) is 4.90. The van der Waals surface area contributed by atoms with Crippen molar-refractivity contribution in [1.29, 1.82) is 0 Å². The van der Waals surface area contributed by atoms with Crippen LogP contribution in [0.15, 0.2) is 28.8 Å². The topological polar surface area (TPSA) is 67.6 Å². The molecule has 6 nitrogen and oxygen atoms in total. The van der Waals surface area contributed by atoms with Crippen LogP contribution in [0, 0.1) is 13.8 Å². The number of urea groups is 1. The summed E-state index contributed by atoms with van der Waals surface area (Å²) in [5.74, 6) is 1.66. The van der Waals surface area contributed by atoms with E-state index in [1.807, 2.05) is 38.1 Å². The Labute approximate surface area is 154 Å². The lowest BCUT2D eigenvalue weighted by atomic mass is 10.2. The molecule has 26 heavy (non-hydrogen) atoms. The van der Waals surface area contributed by atoms with Gasteiger partial charge in [-0.05, 0) is 57.2 Å². The Morgan fingerprint density at radius 2 is 1.96 bits per heavy atom. The van der Waals surface area contributed by atoms with E-state index in [1.54, 1.807) is 11.9 Å². The van der Waals surface area contributed by atoms with Crippen LogP contribution in [0.2, 0.25) is 0 Å². The molecule has 1 N–H and O–H groups in total. The number of aromatic nitrogens is 1. The normalized spacial score (nSPS) is 14.4. The molecule has 6 heteroatoms. The lowest BCUT2D eigenvalue weighted by Crippen LogP contribution is -2.36. The summed E-state index contributed by atoms with van der Waals surface area (Å²) in [6.45, 7) is 4.69. The van der Waals surface area contributed by atoms with Gasteiger partial charge in [0.1, 0.15) is 11.5 Å². The molecule has 1 fully saturated rings. The van der Waals surface area contributed by atoms with Gasteiger partial charge in [0.2, 0.25) is 0 Å². The van der Waals surface area contributed by atoms with E-state index in [9.17, 15) is 4.79 Å². The largest absolute Gasteiger partial charge is 0.490 e. The standard InChI is InChI=1S/C20H27N3O3/c1-14-19(15(2)26-22-14)13-23(3)20(24)21-12-16-8-10-18(11-9-16)25-17-6-4-5-7-17/h8-11,17H,4-7,12-13H2,1-3H3,(H,21,24). The lowest BCUT2D eigenvalue weighted by molar-refractivity contribution is 0.206. The van der Waals surface area contributed by atoms with Crippen LogP contribution in [0.5, 0.6) is 5.75 Å². The molecule has 0 atom stereocenters. The predicted octanol–water partition coefficient (Wildman–Crippen LogP) is 3.95. The van der Waals surface area contributed by atoms with E-state index in [0.717, 1.165) is 41.2 Å². The third-order valence-corrected chi connectivity index (χ3v) is 4.90. The van der Waals surface area contributed by atoms with E-state index < -0.39 is 0 Å². The average molecular weight is 357 g/mol. The minimum atomic E-state index is -0.128. The second-order valence-corrected chi connectivity index (χ2v) is 6.99. The van der Waals surface area contributed by atoms with Crippen molar-refractivity contribution in [3.8, 4) is 5.75 Å². The number of amides is 2. The molecule has 0 aliphatic heterocycles. The molecule has 1 aromatic carbocycles. The zero-order valence-corrected chi connectivity index (χ0v) is 15.7. The lowest BCUT2D eigenvalue weighted by Gasteiger charge is -2.18. The highest BCUT2D eigenvalue weighted by Crippen LogP contribution is 2.24. The molecular weight excluding hydrogens is 330 g/mol. The highest BCUT2D eigenvalue weighted by molar-refractivity contribution is 5.73. The van der Waals surface area contributed by atoms with Crippen LogP contribution in [0.25, 0.3) is 0 Å². The molecule has 3 rings (SSSR count). The minimum absolute atomic E-state index is 0.128. The molecule has 1 aliphatic carbocycles. The van der Waals surface area contributed by atoms with Crippen LogP contribution in [0.1, 0.15) is 48.3 Å². The molecule has 0 radical (unpaired) electrons. The number of ether oxygens (including phenoxy) is 1. The van der Waals surface area contributed by atoms with Gasteiger partial charge in [0.05, 0.1) is 18.3 Å². The zero-order valence-electron chi connectivity index (χ0n) is 15.7. The highest BCUT2D eigenvalue weighted by atomic mass is 16.5. The molecular formula is C20H27N3O3. The number of carbonyl (C=O) groups is 1. The van der Waals surface area contributed by atoms with Gasteiger partial charge in [-0.15, -0.1) is 0 Å². The first kappa shape index (κ1) is 18.3. The number of aryl methyl sites for hydroxylation is 2. The number of benzene rings is 1. The third kappa shape index (κ3) is 4.56. The quantitative estimate of drug-likeness (QED) is 0.850. The van der Waals surface area contributed by atoms with Crippen molar-refractivity contribution in [3.05, 3.63) is 46.8 Å². The first-order chi connectivity index (χ1) is 12.5. The van der Waals surface area contributed by atoms with Gasteiger partial charge in [0.25, 0.3) is 0 Å². The summed E-state index contributed by atoms with van der Waals surface area (Å²) in [5.41, 5.74) is 2.82. The fraction of sp³-hybridized carbons (Fsp3) is 0.500. The Morgan fingerprint density at radius 1 is 1.27 bits per heavy atom. The number of rotatable bonds is 6. The van der Waals surface area contributed by atoms with Crippen molar-refractivity contribution in [2.45, 2.75) is 58.7 Å². The molecule has 2 amide bonds. The van der Waals surface area contributed by atoms with Crippen LogP contribution in [-0.2, 0) is 13.1 Å². The van der Waals surface area contributed by atoms with Gasteiger partial charge in [-0.3, -0.25) is 0 Å². The Hall–Kier alpha value is -2.50. The predicted molar refractivity (Wildman–Crippen MR) is 99.0 cm³/mol. The summed E-state index contributed by atoms with van der Waals surface area (Å²) in [6, 6.07) is 7.83. The number of hydrogen-bond acceptors (Lipinski definition) is 4. The first-order valence-corrected chi connectivity index (χ1v) is 9.19. The maximum atomic E-state index is 12.3. The molecule has 0 spiro atoms. The highest BCUT2D eigenvalue weighted by Gasteiger charge is 2.17. The van der Waals surface area contributed by atoms with Gasteiger partial charge in [0.15, 0.2) is 0 Å². The van der Waals surface area contributed by atoms with Gasteiger partial charge in [-0.1, -0.05) is 17.3 Å². The number of nitrogens with one attached hydrogen (secondary N) is 1. The van der Waals surface area contributed by atoms with Gasteiger partial charge in [-0.25, -0.2) is 4.79 Å². The van der Waals surface area contributed by atoms with Crippen LogP contribution in [0.4, 0.5) is 4.79 Å².